The summed E-state index contributed by atoms with van der Waals surface area (Å²) >= 11 is 0. The van der Waals surface area contributed by atoms with Crippen LogP contribution in [0.5, 0.6) is 11.5 Å². The van der Waals surface area contributed by atoms with E-state index < -0.39 is 11.6 Å². The molecule has 30 heavy (non-hydrogen) atoms. The van der Waals surface area contributed by atoms with Gasteiger partial charge in [-0.2, -0.15) is 0 Å². The molecule has 4 N–H and O–H groups in total. The third-order valence-electron chi connectivity index (χ3n) is 4.97. The van der Waals surface area contributed by atoms with E-state index in [4.69, 9.17) is 20.9 Å². The Balaban J connectivity index is 1.35. The summed E-state index contributed by atoms with van der Waals surface area (Å²) in [4.78, 5) is 0. The highest BCUT2D eigenvalue weighted by atomic mass is 19.1. The van der Waals surface area contributed by atoms with Crippen molar-refractivity contribution in [2.45, 2.75) is 64.2 Å². The molecule has 0 fully saturated rings. The van der Waals surface area contributed by atoms with Crippen molar-refractivity contribution in [3.05, 3.63) is 48.0 Å². The molecular formula is C24H34F2N2O2. The second-order valence-corrected chi connectivity index (χ2v) is 7.61. The molecule has 2 aromatic rings. The molecule has 0 saturated heterocycles. The van der Waals surface area contributed by atoms with Gasteiger partial charge in [0.2, 0.25) is 0 Å². The molecule has 2 rings (SSSR count). The highest BCUT2D eigenvalue weighted by Crippen LogP contribution is 2.21. The topological polar surface area (TPSA) is 70.5 Å². The molecule has 2 aromatic carbocycles. The van der Waals surface area contributed by atoms with Crippen LogP contribution < -0.4 is 20.9 Å². The Morgan fingerprint density at radius 3 is 1.20 bits per heavy atom. The summed E-state index contributed by atoms with van der Waals surface area (Å²) in [5.41, 5.74) is 11.8. The second-order valence-electron chi connectivity index (χ2n) is 7.61. The number of benzene rings is 2. The third-order valence-corrected chi connectivity index (χ3v) is 4.97. The summed E-state index contributed by atoms with van der Waals surface area (Å²) in [6.45, 7) is 1.06. The minimum absolute atomic E-state index is 0.271. The summed E-state index contributed by atoms with van der Waals surface area (Å²) in [5.74, 6) is -0.264. The van der Waals surface area contributed by atoms with Crippen LogP contribution in [0, 0.1) is 11.6 Å². The number of anilines is 2. The monoisotopic (exact) mass is 420 g/mol. The van der Waals surface area contributed by atoms with Crippen LogP contribution in [-0.2, 0) is 0 Å². The number of ether oxygens (including phenoxy) is 2. The fourth-order valence-corrected chi connectivity index (χ4v) is 3.25. The van der Waals surface area contributed by atoms with Crippen molar-refractivity contribution in [1.29, 1.82) is 0 Å². The number of rotatable bonds is 15. The van der Waals surface area contributed by atoms with Gasteiger partial charge in [0.25, 0.3) is 0 Å². The molecule has 0 unspecified atom stereocenters. The van der Waals surface area contributed by atoms with E-state index in [9.17, 15) is 8.78 Å². The number of nitrogen functional groups attached to an aromatic ring is 2. The van der Waals surface area contributed by atoms with Crippen molar-refractivity contribution in [2.24, 2.45) is 0 Å². The van der Waals surface area contributed by atoms with E-state index in [0.29, 0.717) is 24.6 Å². The molecule has 0 spiro atoms. The lowest BCUT2D eigenvalue weighted by molar-refractivity contribution is 0.289. The zero-order chi connectivity index (χ0) is 21.6. The highest BCUT2D eigenvalue weighted by molar-refractivity contribution is 5.43. The van der Waals surface area contributed by atoms with Crippen molar-refractivity contribution in [1.82, 2.24) is 0 Å². The van der Waals surface area contributed by atoms with Gasteiger partial charge in [-0.05, 0) is 37.1 Å². The SMILES string of the molecule is Nc1ccc(OCCCCCCCCCCCCOc2ccc(N)cc2F)c(F)c1. The molecule has 4 nitrogen and oxygen atoms in total. The second kappa shape index (κ2) is 13.7. The van der Waals surface area contributed by atoms with Crippen LogP contribution in [-0.4, -0.2) is 13.2 Å². The normalized spacial score (nSPS) is 10.9. The standard InChI is InChI=1S/C24H34F2N2O2/c25-21-17-19(27)11-13-23(21)29-15-9-7-5-3-1-2-4-6-8-10-16-30-24-14-12-20(28)18-22(24)26/h11-14,17-18H,1-10,15-16,27-28H2. The van der Waals surface area contributed by atoms with Gasteiger partial charge in [-0.3, -0.25) is 0 Å². The quantitative estimate of drug-likeness (QED) is 0.255. The lowest BCUT2D eigenvalue weighted by Gasteiger charge is -2.08. The first-order valence-electron chi connectivity index (χ1n) is 10.9. The molecule has 0 aliphatic rings. The maximum Gasteiger partial charge on any atom is 0.167 e. The zero-order valence-electron chi connectivity index (χ0n) is 17.7. The van der Waals surface area contributed by atoms with E-state index in [1.165, 1.54) is 50.7 Å². The Hall–Kier alpha value is -2.50. The summed E-state index contributed by atoms with van der Waals surface area (Å²) in [5, 5.41) is 0. The summed E-state index contributed by atoms with van der Waals surface area (Å²) in [6, 6.07) is 9.00. The lowest BCUT2D eigenvalue weighted by Crippen LogP contribution is -2.00. The van der Waals surface area contributed by atoms with Crippen LogP contribution in [0.15, 0.2) is 36.4 Å². The molecule has 0 heterocycles. The fraction of sp³-hybridized carbons (Fsp3) is 0.500. The van der Waals surface area contributed by atoms with E-state index in [-0.39, 0.29) is 11.5 Å². The highest BCUT2D eigenvalue weighted by Gasteiger charge is 2.04. The molecule has 0 radical (unpaired) electrons. The van der Waals surface area contributed by atoms with Gasteiger partial charge < -0.3 is 20.9 Å². The zero-order valence-corrected chi connectivity index (χ0v) is 17.7. The molecule has 6 heteroatoms. The van der Waals surface area contributed by atoms with E-state index >= 15 is 0 Å². The first-order valence-corrected chi connectivity index (χ1v) is 10.9. The van der Waals surface area contributed by atoms with E-state index in [1.807, 2.05) is 0 Å². The van der Waals surface area contributed by atoms with Crippen LogP contribution in [0.2, 0.25) is 0 Å². The van der Waals surface area contributed by atoms with E-state index in [1.54, 1.807) is 24.3 Å². The molecule has 0 aromatic heterocycles. The van der Waals surface area contributed by atoms with Crippen LogP contribution >= 0.6 is 0 Å². The molecule has 166 valence electrons. The van der Waals surface area contributed by atoms with Gasteiger partial charge in [0.05, 0.1) is 13.2 Å². The van der Waals surface area contributed by atoms with Gasteiger partial charge in [-0.15, -0.1) is 0 Å². The predicted molar refractivity (Wildman–Crippen MR) is 119 cm³/mol. The predicted octanol–water partition coefficient (Wildman–Crippen LogP) is 6.49. The maximum atomic E-state index is 13.6. The van der Waals surface area contributed by atoms with Gasteiger partial charge >= 0.3 is 0 Å². The van der Waals surface area contributed by atoms with Crippen molar-refractivity contribution in [2.75, 3.05) is 24.7 Å². The van der Waals surface area contributed by atoms with Gasteiger partial charge in [0, 0.05) is 23.5 Å². The van der Waals surface area contributed by atoms with Crippen molar-refractivity contribution < 1.29 is 18.3 Å². The minimum atomic E-state index is -0.404. The molecular weight excluding hydrogens is 386 g/mol. The maximum absolute atomic E-state index is 13.6. The smallest absolute Gasteiger partial charge is 0.167 e. The number of halogens is 2. The first-order chi connectivity index (χ1) is 14.6. The molecule has 0 aliphatic carbocycles. The lowest BCUT2D eigenvalue weighted by atomic mass is 10.1. The van der Waals surface area contributed by atoms with Crippen molar-refractivity contribution >= 4 is 11.4 Å². The molecule has 0 saturated carbocycles. The van der Waals surface area contributed by atoms with E-state index in [0.717, 1.165) is 25.7 Å². The van der Waals surface area contributed by atoms with Crippen LogP contribution in [0.25, 0.3) is 0 Å². The third kappa shape index (κ3) is 9.33. The first kappa shape index (κ1) is 23.8. The average molecular weight is 421 g/mol. The summed E-state index contributed by atoms with van der Waals surface area (Å²) in [6.07, 6.45) is 11.3. The fourth-order valence-electron chi connectivity index (χ4n) is 3.25. The summed E-state index contributed by atoms with van der Waals surface area (Å²) < 4.78 is 38.1. The molecule has 0 bridgehead atoms. The van der Waals surface area contributed by atoms with Gasteiger partial charge in [0.15, 0.2) is 23.1 Å². The number of nitrogens with two attached hydrogens (primary N) is 2. The number of hydrogen-bond donors (Lipinski definition) is 2. The Morgan fingerprint density at radius 1 is 0.533 bits per heavy atom. The Kier molecular flexibility index (Phi) is 10.8. The average Bonchev–Trinajstić information content (AvgIpc) is 2.71. The van der Waals surface area contributed by atoms with Gasteiger partial charge in [-0.25, -0.2) is 8.78 Å². The van der Waals surface area contributed by atoms with Crippen LogP contribution in [0.4, 0.5) is 20.2 Å². The van der Waals surface area contributed by atoms with Crippen LogP contribution in [0.3, 0.4) is 0 Å². The minimum Gasteiger partial charge on any atom is -0.491 e. The van der Waals surface area contributed by atoms with Crippen molar-refractivity contribution in [3.63, 3.8) is 0 Å². The van der Waals surface area contributed by atoms with Gasteiger partial charge in [-0.1, -0.05) is 51.4 Å². The Bertz CT molecular complexity index is 692. The Labute approximate surface area is 178 Å². The number of hydrogen-bond acceptors (Lipinski definition) is 4. The van der Waals surface area contributed by atoms with Crippen LogP contribution in [0.1, 0.15) is 64.2 Å². The number of unbranched alkanes of at least 4 members (excludes halogenated alkanes) is 9. The summed E-state index contributed by atoms with van der Waals surface area (Å²) in [7, 11) is 0. The van der Waals surface area contributed by atoms with E-state index in [2.05, 4.69) is 0 Å². The molecule has 0 amide bonds. The molecule has 0 aliphatic heterocycles. The van der Waals surface area contributed by atoms with Crippen molar-refractivity contribution in [3.8, 4) is 11.5 Å². The molecule has 0 atom stereocenters. The Morgan fingerprint density at radius 2 is 0.867 bits per heavy atom. The largest absolute Gasteiger partial charge is 0.491 e. The van der Waals surface area contributed by atoms with Gasteiger partial charge in [0.1, 0.15) is 0 Å².